The van der Waals surface area contributed by atoms with Crippen LogP contribution in [0.2, 0.25) is 0 Å². The van der Waals surface area contributed by atoms with Gasteiger partial charge in [0.2, 0.25) is 0 Å². The first kappa shape index (κ1) is 27.3. The molecule has 0 amide bonds. The van der Waals surface area contributed by atoms with E-state index in [1.807, 2.05) is 67.1 Å². The Hall–Kier alpha value is -4.30. The van der Waals surface area contributed by atoms with Crippen LogP contribution in [-0.2, 0) is 18.6 Å². The lowest BCUT2D eigenvalue weighted by Gasteiger charge is -2.33. The number of aromatic amines is 1. The summed E-state index contributed by atoms with van der Waals surface area (Å²) in [6.45, 7) is 11.9. The van der Waals surface area contributed by atoms with Crippen LogP contribution in [0.4, 0.5) is 0 Å². The molecule has 1 N–H and O–H groups in total. The fourth-order valence-corrected chi connectivity index (χ4v) is 5.02. The van der Waals surface area contributed by atoms with E-state index in [9.17, 15) is 4.79 Å². The molecule has 0 radical (unpaired) electrons. The Morgan fingerprint density at radius 1 is 0.950 bits per heavy atom. The van der Waals surface area contributed by atoms with Crippen LogP contribution in [0.1, 0.15) is 61.8 Å². The maximum Gasteiger partial charge on any atom is 0.253 e. The van der Waals surface area contributed by atoms with E-state index in [0.717, 1.165) is 33.3 Å². The number of hydrogen-bond acceptors (Lipinski definition) is 6. The Morgan fingerprint density at radius 3 is 2.33 bits per heavy atom. The summed E-state index contributed by atoms with van der Waals surface area (Å²) in [7, 11) is 0. The summed E-state index contributed by atoms with van der Waals surface area (Å²) in [4.78, 5) is 19.2. The molecule has 0 saturated heterocycles. The van der Waals surface area contributed by atoms with E-state index in [4.69, 9.17) is 4.74 Å². The Morgan fingerprint density at radius 2 is 1.65 bits per heavy atom. The third kappa shape index (κ3) is 5.97. The van der Waals surface area contributed by atoms with Crippen LogP contribution < -0.4 is 10.3 Å². The highest BCUT2D eigenvalue weighted by Crippen LogP contribution is 2.32. The lowest BCUT2D eigenvalue weighted by Crippen LogP contribution is -2.37. The molecule has 0 aliphatic carbocycles. The molecule has 0 fully saturated rings. The molecule has 0 saturated carbocycles. The van der Waals surface area contributed by atoms with Gasteiger partial charge in [0.05, 0.1) is 12.1 Å². The molecule has 2 heterocycles. The van der Waals surface area contributed by atoms with Gasteiger partial charge in [0.15, 0.2) is 5.82 Å². The first-order valence-corrected chi connectivity index (χ1v) is 13.6. The molecule has 0 bridgehead atoms. The highest BCUT2D eigenvalue weighted by molar-refractivity contribution is 5.79. The van der Waals surface area contributed by atoms with E-state index in [1.165, 1.54) is 0 Å². The predicted molar refractivity (Wildman–Crippen MR) is 157 cm³/mol. The zero-order valence-corrected chi connectivity index (χ0v) is 23.8. The normalized spacial score (nSPS) is 12.7. The van der Waals surface area contributed by atoms with Gasteiger partial charge in [-0.2, -0.15) is 0 Å². The van der Waals surface area contributed by atoms with E-state index in [2.05, 4.69) is 76.5 Å². The van der Waals surface area contributed by atoms with Crippen molar-refractivity contribution in [3.8, 4) is 5.75 Å². The van der Waals surface area contributed by atoms with Crippen molar-refractivity contribution in [2.45, 2.75) is 59.3 Å². The van der Waals surface area contributed by atoms with Gasteiger partial charge in [-0.3, -0.25) is 9.69 Å². The minimum absolute atomic E-state index is 0.156. The number of pyridine rings is 1. The van der Waals surface area contributed by atoms with Gasteiger partial charge >= 0.3 is 0 Å². The van der Waals surface area contributed by atoms with Crippen LogP contribution in [0.3, 0.4) is 0 Å². The Balaban J connectivity index is 1.69. The van der Waals surface area contributed by atoms with E-state index in [-0.39, 0.29) is 5.56 Å². The molecule has 1 atom stereocenters. The van der Waals surface area contributed by atoms with Crippen LogP contribution in [0.25, 0.3) is 10.9 Å². The van der Waals surface area contributed by atoms with Crippen LogP contribution in [0.5, 0.6) is 5.75 Å². The number of H-pyrrole nitrogens is 1. The summed E-state index contributed by atoms with van der Waals surface area (Å²) in [5.74, 6) is 1.45. The second kappa shape index (κ2) is 11.4. The van der Waals surface area contributed by atoms with Crippen LogP contribution in [0, 0.1) is 6.92 Å². The smallest absolute Gasteiger partial charge is 0.253 e. The zero-order chi connectivity index (χ0) is 28.3. The SMILES string of the molecule is CCOc1ccc(CN(Cc2ccccc2)C(c2cc3ccc(C)cc3[nH]c2=O)c2nnnn2C(C)(C)C)cc1. The number of tetrazole rings is 1. The van der Waals surface area contributed by atoms with Gasteiger partial charge in [-0.25, -0.2) is 4.68 Å². The van der Waals surface area contributed by atoms with Crippen LogP contribution in [-0.4, -0.2) is 36.7 Å². The van der Waals surface area contributed by atoms with Gasteiger partial charge in [-0.1, -0.05) is 54.6 Å². The van der Waals surface area contributed by atoms with Crippen LogP contribution >= 0.6 is 0 Å². The molecule has 1 unspecified atom stereocenters. The van der Waals surface area contributed by atoms with Gasteiger partial charge in [-0.05, 0) is 91.4 Å². The zero-order valence-electron chi connectivity index (χ0n) is 23.8. The summed E-state index contributed by atoms with van der Waals surface area (Å²) in [5.41, 5.74) is 4.16. The van der Waals surface area contributed by atoms with E-state index in [0.29, 0.717) is 31.1 Å². The van der Waals surface area contributed by atoms with Gasteiger partial charge < -0.3 is 9.72 Å². The minimum atomic E-state index is -0.518. The van der Waals surface area contributed by atoms with E-state index < -0.39 is 11.6 Å². The molecule has 0 aliphatic rings. The maximum absolute atomic E-state index is 13.8. The maximum atomic E-state index is 13.8. The molecule has 2 aromatic heterocycles. The first-order chi connectivity index (χ1) is 19.2. The first-order valence-electron chi connectivity index (χ1n) is 13.6. The number of ether oxygens (including phenoxy) is 1. The molecule has 8 heteroatoms. The van der Waals surface area contributed by atoms with Crippen molar-refractivity contribution in [1.29, 1.82) is 0 Å². The van der Waals surface area contributed by atoms with Gasteiger partial charge in [0.25, 0.3) is 5.56 Å². The van der Waals surface area contributed by atoms with E-state index >= 15 is 0 Å². The summed E-state index contributed by atoms with van der Waals surface area (Å²) in [5, 5.41) is 13.9. The second-order valence-corrected chi connectivity index (χ2v) is 11.1. The van der Waals surface area contributed by atoms with Crippen molar-refractivity contribution in [1.82, 2.24) is 30.1 Å². The topological polar surface area (TPSA) is 88.9 Å². The second-order valence-electron chi connectivity index (χ2n) is 11.1. The molecule has 8 nitrogen and oxygen atoms in total. The lowest BCUT2D eigenvalue weighted by atomic mass is 9.99. The number of fused-ring (bicyclic) bond motifs is 1. The number of aromatic nitrogens is 5. The predicted octanol–water partition coefficient (Wildman–Crippen LogP) is 5.77. The molecule has 206 valence electrons. The molecular weight excluding hydrogens is 500 g/mol. The Labute approximate surface area is 234 Å². The Kier molecular flexibility index (Phi) is 7.80. The van der Waals surface area contributed by atoms with Crippen molar-refractivity contribution in [3.05, 3.63) is 117 Å². The standard InChI is InChI=1S/C32H36N6O2/c1-6-40-26-16-13-24(14-17-26)21-37(20-23-10-8-7-9-11-23)29(30-34-35-36-38(30)32(3,4)5)27-19-25-15-12-22(2)18-28(25)33-31(27)39/h7-19,29H,6,20-21H2,1-5H3,(H,33,39). The van der Waals surface area contributed by atoms with Crippen molar-refractivity contribution in [3.63, 3.8) is 0 Å². The Bertz CT molecular complexity index is 1630. The highest BCUT2D eigenvalue weighted by Gasteiger charge is 2.33. The van der Waals surface area contributed by atoms with Crippen molar-refractivity contribution in [2.24, 2.45) is 0 Å². The fraction of sp³-hybridized carbons (Fsp3) is 0.312. The highest BCUT2D eigenvalue weighted by atomic mass is 16.5. The molecule has 0 aliphatic heterocycles. The average molecular weight is 537 g/mol. The molecule has 5 aromatic rings. The monoisotopic (exact) mass is 536 g/mol. The minimum Gasteiger partial charge on any atom is -0.494 e. The molecule has 40 heavy (non-hydrogen) atoms. The largest absolute Gasteiger partial charge is 0.494 e. The van der Waals surface area contributed by atoms with Gasteiger partial charge in [-0.15, -0.1) is 5.10 Å². The van der Waals surface area contributed by atoms with Crippen molar-refractivity contribution >= 4 is 10.9 Å². The lowest BCUT2D eigenvalue weighted by molar-refractivity contribution is 0.184. The number of hydrogen-bond donors (Lipinski definition) is 1. The molecular formula is C32H36N6O2. The average Bonchev–Trinajstić information content (AvgIpc) is 3.41. The van der Waals surface area contributed by atoms with Crippen molar-refractivity contribution < 1.29 is 4.74 Å². The number of benzene rings is 3. The van der Waals surface area contributed by atoms with Gasteiger partial charge in [0.1, 0.15) is 11.8 Å². The van der Waals surface area contributed by atoms with Crippen molar-refractivity contribution in [2.75, 3.05) is 6.61 Å². The summed E-state index contributed by atoms with van der Waals surface area (Å²) in [6.07, 6.45) is 0. The van der Waals surface area contributed by atoms with Crippen LogP contribution in [0.15, 0.2) is 83.7 Å². The third-order valence-electron chi connectivity index (χ3n) is 6.91. The molecule has 5 rings (SSSR count). The summed E-state index contributed by atoms with van der Waals surface area (Å²) in [6, 6.07) is 25.9. The number of rotatable bonds is 9. The number of nitrogens with one attached hydrogen (secondary N) is 1. The fourth-order valence-electron chi connectivity index (χ4n) is 5.02. The van der Waals surface area contributed by atoms with E-state index in [1.54, 1.807) is 0 Å². The number of aryl methyl sites for hydroxylation is 1. The summed E-state index contributed by atoms with van der Waals surface area (Å²) >= 11 is 0. The summed E-state index contributed by atoms with van der Waals surface area (Å²) < 4.78 is 7.49. The number of nitrogens with zero attached hydrogens (tertiary/aromatic N) is 5. The van der Waals surface area contributed by atoms with Gasteiger partial charge in [0, 0.05) is 24.2 Å². The quantitative estimate of drug-likeness (QED) is 0.257. The third-order valence-corrected chi connectivity index (χ3v) is 6.91. The molecule has 0 spiro atoms. The molecule has 3 aromatic carbocycles.